The fourth-order valence-corrected chi connectivity index (χ4v) is 14.4. The number of amides is 2. The van der Waals surface area contributed by atoms with E-state index in [1.807, 2.05) is 20.8 Å². The second-order valence-corrected chi connectivity index (χ2v) is 29.6. The molecule has 10 rings (SSSR count). The quantitative estimate of drug-likeness (QED) is 0.0410. The summed E-state index contributed by atoms with van der Waals surface area (Å²) in [5.41, 5.74) is 5.05. The van der Waals surface area contributed by atoms with E-state index in [9.17, 15) is 55.5 Å². The highest BCUT2D eigenvalue weighted by atomic mass is 35.5. The van der Waals surface area contributed by atoms with Crippen LogP contribution < -0.4 is 30.1 Å². The largest absolute Gasteiger partial charge is 0.493 e. The molecule has 0 bridgehead atoms. The predicted molar refractivity (Wildman–Crippen MR) is 382 cm³/mol. The van der Waals surface area contributed by atoms with Crippen LogP contribution in [-0.4, -0.2) is 162 Å². The maximum Gasteiger partial charge on any atom is 0.354 e. The highest BCUT2D eigenvalue weighted by Gasteiger charge is 2.50. The SMILES string of the molecule is CCOC(=O)C1=NN(c2ccc(Cl)cc2Cl)C(C)(C(=O)OCC)C1.CCc1cc(C)cc(CC)c1-c1c(OC(=O)C(C)(C)C)n2n(c1=O)CCOCC2.COC(=O)c1sccc1S(=O)(=O)NC(=O)Nc1nc(C)nc(OC)n1.Cc1c(C(=O)c2cnn(C)c2O)ccc(S(C)(=O)=O)c1C1=NOCC1. The normalized spacial score (nSPS) is 14.8. The third kappa shape index (κ3) is 18.8. The summed E-state index contributed by atoms with van der Waals surface area (Å²) in [5, 5.41) is 27.7. The van der Waals surface area contributed by atoms with Gasteiger partial charge in [0.15, 0.2) is 21.2 Å². The van der Waals surface area contributed by atoms with Crippen LogP contribution in [0.25, 0.3) is 11.1 Å². The van der Waals surface area contributed by atoms with Crippen LogP contribution in [0, 0.1) is 26.2 Å². The summed E-state index contributed by atoms with van der Waals surface area (Å²) in [5.74, 6) is -2.54. The number of aromatic nitrogens is 7. The molecule has 31 nitrogen and oxygen atoms in total. The minimum Gasteiger partial charge on any atom is -0.493 e. The smallest absolute Gasteiger partial charge is 0.354 e. The van der Waals surface area contributed by atoms with Crippen molar-refractivity contribution in [3.63, 3.8) is 0 Å². The van der Waals surface area contributed by atoms with Crippen LogP contribution in [0.4, 0.5) is 16.4 Å². The zero-order valence-corrected chi connectivity index (χ0v) is 63.3. The Labute approximate surface area is 608 Å². The van der Waals surface area contributed by atoms with Crippen LogP contribution in [0.2, 0.25) is 10.0 Å². The van der Waals surface area contributed by atoms with Crippen LogP contribution in [0.3, 0.4) is 0 Å². The third-order valence-electron chi connectivity index (χ3n) is 15.7. The summed E-state index contributed by atoms with van der Waals surface area (Å²) in [7, 11) is -3.86. The fourth-order valence-electron chi connectivity index (χ4n) is 10.7. The zero-order valence-electron chi connectivity index (χ0n) is 59.3. The Morgan fingerprint density at radius 2 is 1.47 bits per heavy atom. The number of anilines is 2. The number of sulfonamides is 1. The second-order valence-electron chi connectivity index (χ2n) is 24.2. The number of carbonyl (C=O) groups is 6. The molecule has 103 heavy (non-hydrogen) atoms. The number of fused-ring (bicyclic) bond motifs is 1. The van der Waals surface area contributed by atoms with Crippen molar-refractivity contribution in [1.82, 2.24) is 38.8 Å². The van der Waals surface area contributed by atoms with Crippen molar-refractivity contribution >= 4 is 113 Å². The molecule has 3 aliphatic rings. The molecule has 4 aromatic heterocycles. The molecular weight excluding hydrogens is 1440 g/mol. The van der Waals surface area contributed by atoms with Gasteiger partial charge in [-0.2, -0.15) is 25.2 Å². The summed E-state index contributed by atoms with van der Waals surface area (Å²) >= 11 is 13.0. The number of benzene rings is 3. The van der Waals surface area contributed by atoms with Gasteiger partial charge in [-0.1, -0.05) is 59.9 Å². The van der Waals surface area contributed by atoms with Gasteiger partial charge in [0, 0.05) is 42.3 Å². The van der Waals surface area contributed by atoms with Crippen molar-refractivity contribution in [2.45, 2.75) is 130 Å². The minimum absolute atomic E-state index is 0.0449. The van der Waals surface area contributed by atoms with Gasteiger partial charge in [-0.15, -0.1) is 11.3 Å². The number of carbonyl (C=O) groups excluding carboxylic acids is 6. The highest BCUT2D eigenvalue weighted by molar-refractivity contribution is 7.91. The van der Waals surface area contributed by atoms with Crippen molar-refractivity contribution in [2.24, 2.45) is 22.7 Å². The molecule has 3 N–H and O–H groups in total. The van der Waals surface area contributed by atoms with E-state index in [1.54, 1.807) is 60.0 Å². The van der Waals surface area contributed by atoms with Gasteiger partial charge < -0.3 is 38.4 Å². The number of nitrogens with zero attached hydrogens (tertiary/aromatic N) is 10. The molecule has 0 aliphatic carbocycles. The number of nitrogens with one attached hydrogen (secondary N) is 2. The number of hydrazone groups is 1. The van der Waals surface area contributed by atoms with Crippen molar-refractivity contribution in [2.75, 3.05) is 63.8 Å². The number of ketones is 1. The Morgan fingerprint density at radius 1 is 0.806 bits per heavy atom. The van der Waals surface area contributed by atoms with Crippen LogP contribution in [0.1, 0.15) is 127 Å². The zero-order chi connectivity index (χ0) is 76.2. The maximum absolute atomic E-state index is 13.5. The fraction of sp³-hybridized carbons (Fsp3) is 0.418. The highest BCUT2D eigenvalue weighted by Crippen LogP contribution is 2.41. The second kappa shape index (κ2) is 34.1. The van der Waals surface area contributed by atoms with E-state index in [1.165, 1.54) is 66.1 Å². The van der Waals surface area contributed by atoms with Crippen molar-refractivity contribution in [3.05, 3.63) is 130 Å². The lowest BCUT2D eigenvalue weighted by molar-refractivity contribution is -0.148. The van der Waals surface area contributed by atoms with Gasteiger partial charge in [0.05, 0.1) is 86.7 Å². The van der Waals surface area contributed by atoms with Crippen LogP contribution >= 0.6 is 34.5 Å². The van der Waals surface area contributed by atoms with Gasteiger partial charge in [-0.25, -0.2) is 59.8 Å². The summed E-state index contributed by atoms with van der Waals surface area (Å²) in [6, 6.07) is 11.9. The monoisotopic (exact) mass is 1520 g/mol. The van der Waals surface area contributed by atoms with Gasteiger partial charge in [0.1, 0.15) is 39.0 Å². The molecule has 0 saturated carbocycles. The third-order valence-corrected chi connectivity index (χ3v) is 19.7. The number of esters is 4. The molecule has 0 spiro atoms. The van der Waals surface area contributed by atoms with E-state index in [2.05, 4.69) is 73.3 Å². The molecular formula is C67H80Cl2N12O19S3. The number of aryl methyl sites for hydroxylation is 5. The molecule has 36 heteroatoms. The van der Waals surface area contributed by atoms with Gasteiger partial charge in [0.2, 0.25) is 17.7 Å². The van der Waals surface area contributed by atoms with Gasteiger partial charge in [-0.05, 0) is 139 Å². The van der Waals surface area contributed by atoms with E-state index < -0.39 is 60.5 Å². The van der Waals surface area contributed by atoms with Crippen LogP contribution in [-0.2, 0) is 91.0 Å². The van der Waals surface area contributed by atoms with E-state index in [0.29, 0.717) is 83.3 Å². The first-order chi connectivity index (χ1) is 48.5. The Morgan fingerprint density at radius 3 is 2.03 bits per heavy atom. The molecule has 0 radical (unpaired) electrons. The molecule has 0 fully saturated rings. The first-order valence-electron chi connectivity index (χ1n) is 32.0. The van der Waals surface area contributed by atoms with Crippen molar-refractivity contribution in [3.8, 4) is 28.9 Å². The lowest BCUT2D eigenvalue weighted by atomic mass is 9.91. The number of hydrogen-bond donors (Lipinski definition) is 3. The minimum atomic E-state index is -4.30. The Kier molecular flexibility index (Phi) is 26.7. The molecule has 3 aliphatic heterocycles. The molecule has 7 heterocycles. The average Bonchev–Trinajstić information content (AvgIpc) is 1.53. The van der Waals surface area contributed by atoms with Gasteiger partial charge >= 0.3 is 35.9 Å². The maximum atomic E-state index is 13.5. The first-order valence-corrected chi connectivity index (χ1v) is 37.0. The predicted octanol–water partition coefficient (Wildman–Crippen LogP) is 8.92. The number of rotatable bonds is 18. The number of sulfone groups is 1. The molecule has 0 saturated heterocycles. The lowest BCUT2D eigenvalue weighted by Gasteiger charge is -2.32. The average molecular weight is 1520 g/mol. The number of hydrogen-bond acceptors (Lipinski definition) is 27. The van der Waals surface area contributed by atoms with E-state index in [4.69, 9.17) is 51.7 Å². The molecule has 1 unspecified atom stereocenters. The van der Waals surface area contributed by atoms with Crippen LogP contribution in [0.15, 0.2) is 85.0 Å². The Bertz CT molecular complexity index is 4750. The molecule has 554 valence electrons. The molecule has 7 aromatic rings. The molecule has 2 amide bonds. The van der Waals surface area contributed by atoms with Crippen LogP contribution in [0.5, 0.6) is 17.8 Å². The van der Waals surface area contributed by atoms with E-state index >= 15 is 0 Å². The number of oxime groups is 1. The number of thiophene rings is 1. The number of halogens is 2. The molecule has 3 aromatic carbocycles. The summed E-state index contributed by atoms with van der Waals surface area (Å²) < 4.78 is 86.2. The standard InChI is InChI=1S/C23H32N2O4.C16H18Cl2N2O4.C16H17N3O5S.C12H13N5O6S2/c1-7-16-13-15(3)14-17(8-2)18(16)19-20(26)24-9-11-28-12-10-25(24)21(19)29-22(27)23(4,5)6;1-4-23-14(21)12-9-16(3,15(22)24-5-2)20(19-12)13-7-6-10(17)8-11(13)18;1-9-10(15(20)11-8-17-19(2)16(11)21)4-5-13(25(3,22)23)14(9)12-6-7-24-18-12;1-6-13-10(16-12(14-6)23-3)15-11(19)17-25(20,21)7-4-5-24-8(7)9(18)22-2/h13-14H,7-12H2,1-6H3;6-8H,4-5,9H2,1-3H3;4-5,8,21H,6-7H2,1-3H3;4-5H,1-3H3,(H2,13,14,15,16,17,19). The summed E-state index contributed by atoms with van der Waals surface area (Å²) in [6.45, 7) is 22.6. The summed E-state index contributed by atoms with van der Waals surface area (Å²) in [6.07, 6.45) is 4.49. The number of urea groups is 1. The summed E-state index contributed by atoms with van der Waals surface area (Å²) in [4.78, 5) is 103. The number of aromatic hydroxyl groups is 1. The Hall–Kier alpha value is -9.61. The van der Waals surface area contributed by atoms with Crippen molar-refractivity contribution < 1.29 is 84.0 Å². The molecule has 1 atom stereocenters. The van der Waals surface area contributed by atoms with E-state index in [-0.39, 0.29) is 86.3 Å². The number of ether oxygens (including phenoxy) is 6. The first kappa shape index (κ1) is 80.7. The lowest BCUT2D eigenvalue weighted by Crippen LogP contribution is -2.48. The Balaban J connectivity index is 0.000000193. The topological polar surface area (TPSA) is 391 Å². The van der Waals surface area contributed by atoms with E-state index in [0.717, 1.165) is 54.2 Å². The van der Waals surface area contributed by atoms with Gasteiger partial charge in [-0.3, -0.25) is 19.7 Å². The van der Waals surface area contributed by atoms with Gasteiger partial charge in [0.25, 0.3) is 15.6 Å². The number of methoxy groups -OCH3 is 2. The van der Waals surface area contributed by atoms with Crippen molar-refractivity contribution in [1.29, 1.82) is 0 Å².